The summed E-state index contributed by atoms with van der Waals surface area (Å²) in [6.07, 6.45) is 0. The normalized spacial score (nSPS) is 11.0. The van der Waals surface area contributed by atoms with Gasteiger partial charge in [0.1, 0.15) is 31.2 Å². The monoisotopic (exact) mass is 373 g/mol. The second-order valence-electron chi connectivity index (χ2n) is 6.75. The van der Waals surface area contributed by atoms with Gasteiger partial charge in [-0.2, -0.15) is 0 Å². The molecule has 0 N–H and O–H groups in total. The van der Waals surface area contributed by atoms with Gasteiger partial charge in [-0.15, -0.1) is 0 Å². The van der Waals surface area contributed by atoms with Gasteiger partial charge >= 0.3 is 0 Å². The van der Waals surface area contributed by atoms with Crippen molar-refractivity contribution in [1.29, 1.82) is 0 Å². The number of aromatic carboxylic acids is 1. The number of carboxylic acid groups (broad SMARTS) is 1. The van der Waals surface area contributed by atoms with Gasteiger partial charge in [-0.3, -0.25) is 0 Å². The van der Waals surface area contributed by atoms with Crippen molar-refractivity contribution in [2.75, 3.05) is 21.2 Å². The number of carbonyl (C=O) groups excluding carboxylic acids is 1. The minimum Gasteiger partial charge on any atom is -0.545 e. The molecule has 0 unspecified atom stereocenters. The molecule has 0 radical (unpaired) electrons. The SMILES string of the molecule is COc1ccc2c(-c3ccccc3C(=O)[O-])c3ccc(=[N+](C)C)cc-3oc2c1. The van der Waals surface area contributed by atoms with E-state index in [0.717, 1.165) is 21.9 Å². The lowest BCUT2D eigenvalue weighted by Gasteiger charge is -2.18. The van der Waals surface area contributed by atoms with Gasteiger partial charge in [0.15, 0.2) is 0 Å². The quantitative estimate of drug-likeness (QED) is 0.409. The molecule has 1 heterocycles. The molecule has 0 atom stereocenters. The van der Waals surface area contributed by atoms with Gasteiger partial charge < -0.3 is 19.1 Å². The average molecular weight is 373 g/mol. The molecule has 1 aliphatic heterocycles. The van der Waals surface area contributed by atoms with Crippen molar-refractivity contribution in [1.82, 2.24) is 4.58 Å². The van der Waals surface area contributed by atoms with Gasteiger partial charge in [-0.05, 0) is 23.8 Å². The predicted molar refractivity (Wildman–Crippen MR) is 106 cm³/mol. The third kappa shape index (κ3) is 2.91. The van der Waals surface area contributed by atoms with Crippen LogP contribution in [0.15, 0.2) is 65.1 Å². The minimum atomic E-state index is -1.21. The number of methoxy groups -OCH3 is 1. The van der Waals surface area contributed by atoms with E-state index in [4.69, 9.17) is 9.15 Å². The molecule has 0 spiro atoms. The van der Waals surface area contributed by atoms with Crippen LogP contribution in [0.1, 0.15) is 10.4 Å². The number of fused-ring (bicyclic) bond motifs is 2. The van der Waals surface area contributed by atoms with E-state index in [1.165, 1.54) is 0 Å². The van der Waals surface area contributed by atoms with Crippen LogP contribution >= 0.6 is 0 Å². The van der Waals surface area contributed by atoms with E-state index in [9.17, 15) is 9.90 Å². The second kappa shape index (κ2) is 6.85. The van der Waals surface area contributed by atoms with Crippen molar-refractivity contribution in [3.8, 4) is 28.2 Å². The summed E-state index contributed by atoms with van der Waals surface area (Å²) in [5.74, 6) is 0.115. The maximum absolute atomic E-state index is 11.7. The predicted octanol–water partition coefficient (Wildman–Crippen LogP) is 2.61. The molecule has 2 aromatic rings. The molecule has 140 valence electrons. The molecule has 28 heavy (non-hydrogen) atoms. The fraction of sp³-hybridized carbons (Fsp3) is 0.130. The van der Waals surface area contributed by atoms with Crippen molar-refractivity contribution < 1.29 is 19.1 Å². The maximum Gasteiger partial charge on any atom is 0.203 e. The molecule has 0 fully saturated rings. The lowest BCUT2D eigenvalue weighted by molar-refractivity contribution is -0.254. The number of nitrogens with zero attached hydrogens (tertiary/aromatic N) is 1. The van der Waals surface area contributed by atoms with Crippen LogP contribution in [0.25, 0.3) is 33.4 Å². The number of hydrogen-bond acceptors (Lipinski definition) is 4. The lowest BCUT2D eigenvalue weighted by atomic mass is 9.91. The largest absolute Gasteiger partial charge is 0.545 e. The van der Waals surface area contributed by atoms with Crippen LogP contribution in [0.5, 0.6) is 5.75 Å². The summed E-state index contributed by atoms with van der Waals surface area (Å²) in [7, 11) is 5.51. The van der Waals surface area contributed by atoms with Gasteiger partial charge in [-0.25, -0.2) is 4.58 Å². The molecular formula is C23H19NO4. The summed E-state index contributed by atoms with van der Waals surface area (Å²) in [4.78, 5) is 11.7. The van der Waals surface area contributed by atoms with Gasteiger partial charge in [-0.1, -0.05) is 24.3 Å². The lowest BCUT2D eigenvalue weighted by Crippen LogP contribution is -2.23. The van der Waals surface area contributed by atoms with Crippen molar-refractivity contribution in [3.63, 3.8) is 0 Å². The molecule has 5 heteroatoms. The topological polar surface area (TPSA) is 65.5 Å². The molecule has 1 aliphatic carbocycles. The van der Waals surface area contributed by atoms with Gasteiger partial charge in [0.25, 0.3) is 0 Å². The first-order chi connectivity index (χ1) is 13.5. The molecule has 5 nitrogen and oxygen atoms in total. The molecule has 2 aromatic carbocycles. The Morgan fingerprint density at radius 2 is 1.79 bits per heavy atom. The highest BCUT2D eigenvalue weighted by molar-refractivity contribution is 6.07. The van der Waals surface area contributed by atoms with Crippen molar-refractivity contribution in [2.24, 2.45) is 0 Å². The molecular weight excluding hydrogens is 354 g/mol. The van der Waals surface area contributed by atoms with Crippen LogP contribution in [0.4, 0.5) is 0 Å². The molecule has 2 aliphatic rings. The van der Waals surface area contributed by atoms with Gasteiger partial charge in [0, 0.05) is 34.2 Å². The van der Waals surface area contributed by atoms with Crippen LogP contribution in [0.3, 0.4) is 0 Å². The summed E-state index contributed by atoms with van der Waals surface area (Å²) >= 11 is 0. The van der Waals surface area contributed by atoms with Crippen LogP contribution in [0, 0.1) is 0 Å². The highest BCUT2D eigenvalue weighted by Gasteiger charge is 2.20. The Balaban J connectivity index is 2.20. The number of benzene rings is 3. The van der Waals surface area contributed by atoms with Gasteiger partial charge in [0.2, 0.25) is 5.36 Å². The van der Waals surface area contributed by atoms with E-state index in [1.54, 1.807) is 25.3 Å². The number of hydrogen-bond donors (Lipinski definition) is 0. The van der Waals surface area contributed by atoms with Crippen molar-refractivity contribution in [2.45, 2.75) is 0 Å². The standard InChI is InChI=1S/C23H19NO4/c1-24(2)14-8-10-18-20(12-14)28-21-13-15(27-3)9-11-19(21)22(18)16-6-4-5-7-17(16)23(25)26/h4-13H,1-3H3. The fourth-order valence-electron chi connectivity index (χ4n) is 3.43. The maximum atomic E-state index is 11.7. The third-order valence-corrected chi connectivity index (χ3v) is 4.85. The van der Waals surface area contributed by atoms with Crippen molar-refractivity contribution in [3.05, 3.63) is 71.6 Å². The van der Waals surface area contributed by atoms with Crippen LogP contribution in [-0.4, -0.2) is 27.2 Å². The molecule has 0 bridgehead atoms. The Morgan fingerprint density at radius 3 is 2.50 bits per heavy atom. The first-order valence-electron chi connectivity index (χ1n) is 8.85. The average Bonchev–Trinajstić information content (AvgIpc) is 2.70. The van der Waals surface area contributed by atoms with E-state index in [-0.39, 0.29) is 5.56 Å². The summed E-state index contributed by atoms with van der Waals surface area (Å²) in [5.41, 5.74) is 2.98. The van der Waals surface area contributed by atoms with E-state index in [0.29, 0.717) is 22.7 Å². The molecule has 4 rings (SSSR count). The first-order valence-corrected chi connectivity index (χ1v) is 8.85. The molecule has 0 aromatic heterocycles. The molecule has 0 saturated carbocycles. The Bertz CT molecular complexity index is 1250. The number of rotatable bonds is 3. The summed E-state index contributed by atoms with van der Waals surface area (Å²) in [6.45, 7) is 0. The summed E-state index contributed by atoms with van der Waals surface area (Å²) in [5, 5.41) is 13.5. The van der Waals surface area contributed by atoms with Crippen LogP contribution in [-0.2, 0) is 0 Å². The Hall–Kier alpha value is -3.60. The van der Waals surface area contributed by atoms with Crippen molar-refractivity contribution >= 4 is 16.9 Å². The third-order valence-electron chi connectivity index (χ3n) is 4.85. The Morgan fingerprint density at radius 1 is 1.00 bits per heavy atom. The number of carbonyl (C=O) groups is 1. The van der Waals surface area contributed by atoms with Crippen LogP contribution in [0.2, 0.25) is 0 Å². The van der Waals surface area contributed by atoms with E-state index in [1.807, 2.05) is 61.1 Å². The fourth-order valence-corrected chi connectivity index (χ4v) is 3.43. The highest BCUT2D eigenvalue weighted by atomic mass is 16.5. The van der Waals surface area contributed by atoms with E-state index < -0.39 is 5.97 Å². The first kappa shape index (κ1) is 17.8. The zero-order chi connectivity index (χ0) is 19.8. The van der Waals surface area contributed by atoms with Gasteiger partial charge in [0.05, 0.1) is 19.1 Å². The zero-order valence-corrected chi connectivity index (χ0v) is 15.9. The molecule has 0 amide bonds. The Kier molecular flexibility index (Phi) is 4.35. The minimum absolute atomic E-state index is 0.142. The highest BCUT2D eigenvalue weighted by Crippen LogP contribution is 2.41. The summed E-state index contributed by atoms with van der Waals surface area (Å²) < 4.78 is 13.5. The number of carboxylic acids is 1. The number of ether oxygens (including phenoxy) is 1. The second-order valence-corrected chi connectivity index (χ2v) is 6.75. The molecule has 0 saturated heterocycles. The smallest absolute Gasteiger partial charge is 0.203 e. The zero-order valence-electron chi connectivity index (χ0n) is 15.9. The van der Waals surface area contributed by atoms with E-state index >= 15 is 0 Å². The Labute approximate surface area is 162 Å². The van der Waals surface area contributed by atoms with Crippen LogP contribution < -0.4 is 19.8 Å². The van der Waals surface area contributed by atoms with E-state index in [2.05, 4.69) is 0 Å². The summed E-state index contributed by atoms with van der Waals surface area (Å²) in [6, 6.07) is 18.3.